The summed E-state index contributed by atoms with van der Waals surface area (Å²) in [5.74, 6) is 1.38. The minimum atomic E-state index is 0.148. The van der Waals surface area contributed by atoms with E-state index in [2.05, 4.69) is 31.2 Å². The Kier molecular flexibility index (Phi) is 1.82. The van der Waals surface area contributed by atoms with Crippen LogP contribution in [0.3, 0.4) is 0 Å². The molecule has 15 heavy (non-hydrogen) atoms. The third-order valence-corrected chi connectivity index (χ3v) is 3.79. The molecule has 1 aromatic carbocycles. The molecule has 3 rings (SSSR count). The minimum Gasteiger partial charge on any atom is -0.299 e. The van der Waals surface area contributed by atoms with Crippen LogP contribution in [-0.2, 0) is 4.79 Å². The maximum atomic E-state index is 12.0. The van der Waals surface area contributed by atoms with Gasteiger partial charge in [-0.05, 0) is 24.5 Å². The van der Waals surface area contributed by atoms with Gasteiger partial charge >= 0.3 is 0 Å². The second kappa shape index (κ2) is 3.06. The first-order valence-corrected chi connectivity index (χ1v) is 5.55. The Morgan fingerprint density at radius 2 is 2.07 bits per heavy atom. The average molecular weight is 198 g/mol. The lowest BCUT2D eigenvalue weighted by Crippen LogP contribution is -2.42. The van der Waals surface area contributed by atoms with E-state index in [1.165, 1.54) is 11.1 Å². The lowest BCUT2D eigenvalue weighted by atomic mass is 9.62. The van der Waals surface area contributed by atoms with Gasteiger partial charge in [-0.3, -0.25) is 4.79 Å². The Balaban J connectivity index is 1.99. The van der Waals surface area contributed by atoms with Crippen molar-refractivity contribution < 1.29 is 4.79 Å². The van der Waals surface area contributed by atoms with Crippen molar-refractivity contribution in [2.45, 2.75) is 19.3 Å². The van der Waals surface area contributed by atoms with Crippen LogP contribution in [0.2, 0.25) is 0 Å². The van der Waals surface area contributed by atoms with E-state index in [0.29, 0.717) is 17.6 Å². The monoisotopic (exact) mass is 198 g/mol. The summed E-state index contributed by atoms with van der Waals surface area (Å²) in [5, 5.41) is 0. The number of Topliss-reactive ketones (excluding diaryl/α,β-unsaturated/α-hetero) is 1. The largest absolute Gasteiger partial charge is 0.299 e. The highest BCUT2D eigenvalue weighted by molar-refractivity contribution is 5.96. The van der Waals surface area contributed by atoms with Crippen molar-refractivity contribution in [3.8, 4) is 0 Å². The zero-order valence-electron chi connectivity index (χ0n) is 8.81. The molecule has 0 aromatic heterocycles. The van der Waals surface area contributed by atoms with Gasteiger partial charge in [0.25, 0.3) is 0 Å². The molecule has 3 atom stereocenters. The summed E-state index contributed by atoms with van der Waals surface area (Å²) < 4.78 is 0. The van der Waals surface area contributed by atoms with E-state index in [-0.39, 0.29) is 5.92 Å². The fourth-order valence-electron chi connectivity index (χ4n) is 2.92. The Hall–Kier alpha value is -1.37. The van der Waals surface area contributed by atoms with Crippen molar-refractivity contribution >= 4 is 5.78 Å². The smallest absolute Gasteiger partial charge is 0.144 e. The zero-order valence-corrected chi connectivity index (χ0v) is 8.81. The van der Waals surface area contributed by atoms with Crippen molar-refractivity contribution in [1.82, 2.24) is 0 Å². The number of benzene rings is 1. The number of fused-ring (bicyclic) bond motifs is 1. The summed E-state index contributed by atoms with van der Waals surface area (Å²) in [4.78, 5) is 12.0. The standard InChI is InChI=1S/C14H14O/c1-9-5-2-3-6-10(9)13-11-7-4-8-12(11)14(13)15/h2-7,11-13H,8H2,1H3/t11-,12+,13-/m0/s1. The highest BCUT2D eigenvalue weighted by Gasteiger charge is 2.50. The SMILES string of the molecule is Cc1ccccc1[C@@H]1C(=O)[C@@H]2CC=C[C@@H]21. The maximum Gasteiger partial charge on any atom is 0.144 e. The molecule has 0 unspecified atom stereocenters. The molecule has 1 aromatic rings. The van der Waals surface area contributed by atoms with E-state index >= 15 is 0 Å². The molecule has 0 amide bonds. The number of carbonyl (C=O) groups excluding carboxylic acids is 1. The van der Waals surface area contributed by atoms with Crippen LogP contribution in [0.1, 0.15) is 23.5 Å². The predicted octanol–water partition coefficient (Wildman–Crippen LogP) is 2.85. The van der Waals surface area contributed by atoms with Gasteiger partial charge in [-0.15, -0.1) is 0 Å². The maximum absolute atomic E-state index is 12.0. The first-order valence-electron chi connectivity index (χ1n) is 5.55. The van der Waals surface area contributed by atoms with E-state index < -0.39 is 0 Å². The van der Waals surface area contributed by atoms with E-state index in [1.54, 1.807) is 0 Å². The molecule has 1 heteroatoms. The van der Waals surface area contributed by atoms with Crippen LogP contribution in [-0.4, -0.2) is 5.78 Å². The van der Waals surface area contributed by atoms with Gasteiger partial charge in [-0.2, -0.15) is 0 Å². The van der Waals surface area contributed by atoms with Crippen molar-refractivity contribution in [1.29, 1.82) is 0 Å². The summed E-state index contributed by atoms with van der Waals surface area (Å²) >= 11 is 0. The molecule has 0 spiro atoms. The van der Waals surface area contributed by atoms with Crippen LogP contribution in [0.5, 0.6) is 0 Å². The molecule has 0 heterocycles. The number of allylic oxidation sites excluding steroid dienone is 2. The summed E-state index contributed by atoms with van der Waals surface area (Å²) in [5.41, 5.74) is 2.48. The third-order valence-electron chi connectivity index (χ3n) is 3.79. The summed E-state index contributed by atoms with van der Waals surface area (Å²) in [6.07, 6.45) is 5.35. The van der Waals surface area contributed by atoms with Gasteiger partial charge in [0.1, 0.15) is 5.78 Å². The Morgan fingerprint density at radius 3 is 2.87 bits per heavy atom. The molecule has 0 radical (unpaired) electrons. The predicted molar refractivity (Wildman–Crippen MR) is 59.7 cm³/mol. The molecule has 76 valence electrons. The van der Waals surface area contributed by atoms with Crippen molar-refractivity contribution in [2.75, 3.05) is 0 Å². The van der Waals surface area contributed by atoms with Crippen LogP contribution in [0.4, 0.5) is 0 Å². The van der Waals surface area contributed by atoms with Crippen LogP contribution in [0.15, 0.2) is 36.4 Å². The van der Waals surface area contributed by atoms with Gasteiger partial charge in [0.2, 0.25) is 0 Å². The van der Waals surface area contributed by atoms with E-state index in [1.807, 2.05) is 12.1 Å². The fraction of sp³-hybridized carbons (Fsp3) is 0.357. The molecule has 0 N–H and O–H groups in total. The number of ketones is 1. The molecule has 0 saturated heterocycles. The molecule has 0 bridgehead atoms. The van der Waals surface area contributed by atoms with Crippen molar-refractivity contribution in [3.63, 3.8) is 0 Å². The highest BCUT2D eigenvalue weighted by atomic mass is 16.1. The molecule has 2 aliphatic carbocycles. The fourth-order valence-corrected chi connectivity index (χ4v) is 2.92. The van der Waals surface area contributed by atoms with Crippen LogP contribution in [0, 0.1) is 18.8 Å². The van der Waals surface area contributed by atoms with Gasteiger partial charge in [0.05, 0.1) is 5.92 Å². The molecule has 1 fully saturated rings. The van der Waals surface area contributed by atoms with Crippen LogP contribution < -0.4 is 0 Å². The average Bonchev–Trinajstić information content (AvgIpc) is 2.65. The van der Waals surface area contributed by atoms with Crippen LogP contribution >= 0.6 is 0 Å². The normalized spacial score (nSPS) is 32.6. The van der Waals surface area contributed by atoms with Crippen LogP contribution in [0.25, 0.3) is 0 Å². The first-order chi connectivity index (χ1) is 7.29. The highest BCUT2D eigenvalue weighted by Crippen LogP contribution is 2.50. The molecule has 0 aliphatic heterocycles. The topological polar surface area (TPSA) is 17.1 Å². The second-order valence-electron chi connectivity index (χ2n) is 4.58. The Labute approximate surface area is 89.8 Å². The zero-order chi connectivity index (χ0) is 10.4. The number of carbonyl (C=O) groups is 1. The quantitative estimate of drug-likeness (QED) is 0.634. The molecular weight excluding hydrogens is 184 g/mol. The number of aryl methyl sites for hydroxylation is 1. The summed E-state index contributed by atoms with van der Waals surface area (Å²) in [6, 6.07) is 8.25. The second-order valence-corrected chi connectivity index (χ2v) is 4.58. The van der Waals surface area contributed by atoms with Gasteiger partial charge in [0.15, 0.2) is 0 Å². The number of hydrogen-bond donors (Lipinski definition) is 0. The van der Waals surface area contributed by atoms with E-state index in [0.717, 1.165) is 6.42 Å². The van der Waals surface area contributed by atoms with Gasteiger partial charge in [-0.25, -0.2) is 0 Å². The lowest BCUT2D eigenvalue weighted by molar-refractivity contribution is -0.134. The van der Waals surface area contributed by atoms with Gasteiger partial charge in [-0.1, -0.05) is 36.4 Å². The number of rotatable bonds is 1. The lowest BCUT2D eigenvalue weighted by Gasteiger charge is -2.39. The van der Waals surface area contributed by atoms with Gasteiger partial charge < -0.3 is 0 Å². The molecule has 1 nitrogen and oxygen atoms in total. The number of hydrogen-bond acceptors (Lipinski definition) is 1. The molecular formula is C14H14O. The summed E-state index contributed by atoms with van der Waals surface area (Å²) in [7, 11) is 0. The van der Waals surface area contributed by atoms with Crippen molar-refractivity contribution in [3.05, 3.63) is 47.5 Å². The Bertz CT molecular complexity index is 444. The third kappa shape index (κ3) is 1.12. The van der Waals surface area contributed by atoms with E-state index in [4.69, 9.17) is 0 Å². The first kappa shape index (κ1) is 8.90. The van der Waals surface area contributed by atoms with E-state index in [9.17, 15) is 4.79 Å². The minimum absolute atomic E-state index is 0.148. The molecule has 2 aliphatic rings. The van der Waals surface area contributed by atoms with Gasteiger partial charge in [0, 0.05) is 11.8 Å². The molecule has 1 saturated carbocycles. The summed E-state index contributed by atoms with van der Waals surface area (Å²) in [6.45, 7) is 2.09. The Morgan fingerprint density at radius 1 is 1.27 bits per heavy atom. The van der Waals surface area contributed by atoms with Crippen molar-refractivity contribution in [2.24, 2.45) is 11.8 Å².